The lowest BCUT2D eigenvalue weighted by Crippen LogP contribution is -2.53. The Morgan fingerprint density at radius 1 is 0.771 bits per heavy atom. The highest BCUT2D eigenvalue weighted by atomic mass is 32.2. The zero-order valence-electron chi connectivity index (χ0n) is 21.0. The summed E-state index contributed by atoms with van der Waals surface area (Å²) in [6.07, 6.45) is 1.29. The van der Waals surface area contributed by atoms with Gasteiger partial charge in [0, 0.05) is 0 Å². The van der Waals surface area contributed by atoms with Gasteiger partial charge < -0.3 is 4.43 Å². The molecule has 1 saturated carbocycles. The number of hydrogen-bond acceptors (Lipinski definition) is 7. The van der Waals surface area contributed by atoms with Crippen LogP contribution in [0, 0.1) is 11.3 Å². The van der Waals surface area contributed by atoms with Crippen molar-refractivity contribution in [1.29, 1.82) is 0 Å². The van der Waals surface area contributed by atoms with Gasteiger partial charge in [0.2, 0.25) is 9.04 Å². The topological polar surface area (TPSA) is 96.0 Å². The third-order valence-electron chi connectivity index (χ3n) is 6.14. The van der Waals surface area contributed by atoms with E-state index < -0.39 is 41.5 Å². The first kappa shape index (κ1) is 28.0. The first-order valence-electron chi connectivity index (χ1n) is 11.7. The molecule has 0 aliphatic heterocycles. The van der Waals surface area contributed by atoms with Crippen molar-refractivity contribution < 1.29 is 29.6 Å². The van der Waals surface area contributed by atoms with Crippen LogP contribution >= 0.6 is 0 Å². The number of hydrogen-bond donors (Lipinski definition) is 0. The molecule has 1 aliphatic carbocycles. The van der Waals surface area contributed by atoms with Crippen LogP contribution in [0.25, 0.3) is 0 Å². The van der Waals surface area contributed by atoms with Gasteiger partial charge in [-0.05, 0) is 41.0 Å². The fraction of sp³-hybridized carbons (Fsp3) is 0.520. The fourth-order valence-corrected chi connectivity index (χ4v) is 8.93. The van der Waals surface area contributed by atoms with Gasteiger partial charge in [-0.25, -0.2) is 0 Å². The van der Waals surface area contributed by atoms with Crippen molar-refractivity contribution in [3.63, 3.8) is 0 Å². The van der Waals surface area contributed by atoms with Gasteiger partial charge in [-0.1, -0.05) is 81.4 Å². The Morgan fingerprint density at radius 2 is 1.23 bits per heavy atom. The van der Waals surface area contributed by atoms with Crippen molar-refractivity contribution in [2.45, 2.75) is 58.3 Å². The lowest BCUT2D eigenvalue weighted by molar-refractivity contribution is -0.0423. The molecule has 2 aromatic carbocycles. The molecule has 0 heterocycles. The minimum atomic E-state index is -3.81. The predicted molar refractivity (Wildman–Crippen MR) is 140 cm³/mol. The minimum Gasteiger partial charge on any atom is -0.407 e. The van der Waals surface area contributed by atoms with Crippen molar-refractivity contribution in [3.05, 3.63) is 60.7 Å². The summed E-state index contributed by atoms with van der Waals surface area (Å²) in [5, 5.41) is 2.32. The van der Waals surface area contributed by atoms with E-state index in [-0.39, 0.29) is 17.4 Å². The van der Waals surface area contributed by atoms with Gasteiger partial charge in [-0.3, -0.25) is 8.37 Å². The zero-order chi connectivity index (χ0) is 25.9. The molecule has 0 amide bonds. The highest BCUT2D eigenvalue weighted by Gasteiger charge is 2.43. The largest absolute Gasteiger partial charge is 0.407 e. The summed E-state index contributed by atoms with van der Waals surface area (Å²) in [7, 11) is -9.66. The van der Waals surface area contributed by atoms with E-state index in [4.69, 9.17) is 12.8 Å². The Labute approximate surface area is 211 Å². The van der Waals surface area contributed by atoms with Crippen LogP contribution < -0.4 is 10.4 Å². The average Bonchev–Trinajstić information content (AvgIpc) is 2.74. The van der Waals surface area contributed by atoms with E-state index in [9.17, 15) is 16.8 Å². The Morgan fingerprint density at radius 3 is 1.66 bits per heavy atom. The molecule has 0 bridgehead atoms. The second-order valence-electron chi connectivity index (χ2n) is 10.4. The molecule has 0 aromatic heterocycles. The van der Waals surface area contributed by atoms with E-state index in [0.29, 0.717) is 19.3 Å². The summed E-state index contributed by atoms with van der Waals surface area (Å²) in [4.78, 5) is 0. The summed E-state index contributed by atoms with van der Waals surface area (Å²) < 4.78 is 65.1. The third-order valence-corrected chi connectivity index (χ3v) is 9.88. The molecule has 7 nitrogen and oxygen atoms in total. The van der Waals surface area contributed by atoms with Crippen LogP contribution in [0.3, 0.4) is 0 Å². The lowest BCUT2D eigenvalue weighted by Gasteiger charge is -2.44. The predicted octanol–water partition coefficient (Wildman–Crippen LogP) is 2.45. The SMILES string of the molecule is CC(C)(C)C(O[SiH](c1ccccc1)c1ccccc1)C1CCC(OS(C)(=O)=O)[C@@H](OS(C)(=O)=O)C1. The third kappa shape index (κ3) is 8.51. The van der Waals surface area contributed by atoms with E-state index in [1.54, 1.807) is 0 Å². The zero-order valence-corrected chi connectivity index (χ0v) is 23.7. The van der Waals surface area contributed by atoms with E-state index in [2.05, 4.69) is 45.0 Å². The molecule has 0 spiro atoms. The van der Waals surface area contributed by atoms with Crippen LogP contribution in [0.5, 0.6) is 0 Å². The minimum absolute atomic E-state index is 0.0383. The lowest BCUT2D eigenvalue weighted by atomic mass is 9.73. The monoisotopic (exact) mass is 540 g/mol. The van der Waals surface area contributed by atoms with E-state index >= 15 is 0 Å². The maximum Gasteiger partial charge on any atom is 0.264 e. The quantitative estimate of drug-likeness (QED) is 0.356. The molecular formula is C25H36O7S2Si. The summed E-state index contributed by atoms with van der Waals surface area (Å²) in [6, 6.07) is 20.4. The summed E-state index contributed by atoms with van der Waals surface area (Å²) in [5.74, 6) is -0.0383. The van der Waals surface area contributed by atoms with Crippen molar-refractivity contribution in [2.75, 3.05) is 12.5 Å². The Bertz CT molecular complexity index is 1120. The van der Waals surface area contributed by atoms with Crippen LogP contribution in [0.15, 0.2) is 60.7 Å². The summed E-state index contributed by atoms with van der Waals surface area (Å²) >= 11 is 0. The molecule has 3 unspecified atom stereocenters. The van der Waals surface area contributed by atoms with Gasteiger partial charge in [0.15, 0.2) is 0 Å². The molecule has 2 aromatic rings. The number of benzene rings is 2. The second-order valence-corrected chi connectivity index (χ2v) is 15.9. The molecule has 0 radical (unpaired) electrons. The van der Waals surface area contributed by atoms with Crippen molar-refractivity contribution >= 4 is 39.6 Å². The molecule has 0 saturated heterocycles. The molecule has 4 atom stereocenters. The van der Waals surface area contributed by atoms with Crippen LogP contribution in [0.1, 0.15) is 40.0 Å². The Hall–Kier alpha value is -1.56. The summed E-state index contributed by atoms with van der Waals surface area (Å²) in [6.45, 7) is 6.35. The Kier molecular flexibility index (Phi) is 8.99. The molecule has 0 N–H and O–H groups in total. The summed E-state index contributed by atoms with van der Waals surface area (Å²) in [5.41, 5.74) is -0.250. The highest BCUT2D eigenvalue weighted by Crippen LogP contribution is 2.39. The molecule has 1 fully saturated rings. The molecule has 194 valence electrons. The fourth-order valence-electron chi connectivity index (χ4n) is 4.84. The van der Waals surface area contributed by atoms with Crippen molar-refractivity contribution in [1.82, 2.24) is 0 Å². The standard InChI is InChI=1S/C25H36O7S2Si/c1-25(2,3)24(32-35(20-12-8-6-9-13-20)21-14-10-7-11-15-21)19-16-17-22(30-33(4,26)27)23(18-19)31-34(5,28)29/h6-15,19,22-24,35H,16-18H2,1-5H3/t19?,22?,23-,24?/m0/s1. The maximum atomic E-state index is 12.0. The van der Waals surface area contributed by atoms with E-state index in [0.717, 1.165) is 22.9 Å². The normalized spacial score (nSPS) is 22.7. The average molecular weight is 541 g/mol. The van der Waals surface area contributed by atoms with Crippen LogP contribution in [0.2, 0.25) is 0 Å². The molecule has 3 rings (SSSR count). The molecular weight excluding hydrogens is 504 g/mol. The van der Waals surface area contributed by atoms with Crippen LogP contribution in [-0.4, -0.2) is 56.7 Å². The van der Waals surface area contributed by atoms with Gasteiger partial charge in [0.05, 0.1) is 18.6 Å². The van der Waals surface area contributed by atoms with Crippen LogP contribution in [-0.2, 0) is 33.0 Å². The van der Waals surface area contributed by atoms with E-state index in [1.165, 1.54) is 0 Å². The first-order chi connectivity index (χ1) is 16.2. The Balaban J connectivity index is 1.93. The van der Waals surface area contributed by atoms with Gasteiger partial charge >= 0.3 is 0 Å². The molecule has 10 heteroatoms. The van der Waals surface area contributed by atoms with Crippen molar-refractivity contribution in [3.8, 4) is 0 Å². The van der Waals surface area contributed by atoms with E-state index in [1.807, 2.05) is 36.4 Å². The van der Waals surface area contributed by atoms with Crippen molar-refractivity contribution in [2.24, 2.45) is 11.3 Å². The van der Waals surface area contributed by atoms with Gasteiger partial charge in [0.1, 0.15) is 12.2 Å². The van der Waals surface area contributed by atoms with Gasteiger partial charge in [-0.2, -0.15) is 16.8 Å². The van der Waals surface area contributed by atoms with Gasteiger partial charge in [0.25, 0.3) is 20.2 Å². The van der Waals surface area contributed by atoms with Crippen LogP contribution in [0.4, 0.5) is 0 Å². The first-order valence-corrected chi connectivity index (χ1v) is 17.0. The second kappa shape index (κ2) is 11.2. The molecule has 1 aliphatic rings. The van der Waals surface area contributed by atoms with Gasteiger partial charge in [-0.15, -0.1) is 0 Å². The maximum absolute atomic E-state index is 12.0. The highest BCUT2D eigenvalue weighted by molar-refractivity contribution is 7.86. The number of rotatable bonds is 9. The smallest absolute Gasteiger partial charge is 0.264 e. The molecule has 35 heavy (non-hydrogen) atoms.